The van der Waals surface area contributed by atoms with Gasteiger partial charge in [0.15, 0.2) is 0 Å². The number of fused-ring (bicyclic) bond motifs is 1. The predicted octanol–water partition coefficient (Wildman–Crippen LogP) is 6.62. The molecule has 0 unspecified atom stereocenters. The largest absolute Gasteiger partial charge is 0.494 e. The number of ether oxygens (including phenoxy) is 2. The van der Waals surface area contributed by atoms with Crippen LogP contribution in [0.15, 0.2) is 90.0 Å². The summed E-state index contributed by atoms with van der Waals surface area (Å²) in [6.07, 6.45) is 2.55. The van der Waals surface area contributed by atoms with Gasteiger partial charge in [-0.05, 0) is 65.2 Å². The maximum atomic E-state index is 12.5. The van der Waals surface area contributed by atoms with Gasteiger partial charge in [-0.15, -0.1) is 0 Å². The lowest BCUT2D eigenvalue weighted by atomic mass is 10.0. The number of nitrogens with zero attached hydrogens (tertiary/aromatic N) is 1. The van der Waals surface area contributed by atoms with Crippen molar-refractivity contribution in [2.45, 2.75) is 20.0 Å². The Hall–Kier alpha value is -3.83. The molecular weight excluding hydrogens is 448 g/mol. The van der Waals surface area contributed by atoms with Gasteiger partial charge >= 0.3 is 0 Å². The highest BCUT2D eigenvalue weighted by Crippen LogP contribution is 2.27. The maximum Gasteiger partial charge on any atom is 0.271 e. The molecule has 0 saturated heterocycles. The number of nitrogens with one attached hydrogen (secondary N) is 1. The number of amides is 1. The van der Waals surface area contributed by atoms with E-state index in [9.17, 15) is 4.79 Å². The summed E-state index contributed by atoms with van der Waals surface area (Å²) in [5.74, 6) is 1.10. The van der Waals surface area contributed by atoms with Crippen molar-refractivity contribution in [3.8, 4) is 11.5 Å². The molecule has 0 saturated carbocycles. The summed E-state index contributed by atoms with van der Waals surface area (Å²) >= 11 is 5.98. The minimum Gasteiger partial charge on any atom is -0.494 e. The summed E-state index contributed by atoms with van der Waals surface area (Å²) < 4.78 is 11.7. The smallest absolute Gasteiger partial charge is 0.271 e. The number of carbonyl (C=O) groups excluding carboxylic acids is 1. The van der Waals surface area contributed by atoms with Gasteiger partial charge in [0.2, 0.25) is 0 Å². The van der Waals surface area contributed by atoms with Crippen LogP contribution in [0, 0.1) is 0 Å². The third-order valence-corrected chi connectivity index (χ3v) is 5.44. The van der Waals surface area contributed by atoms with Gasteiger partial charge in [-0.3, -0.25) is 4.79 Å². The molecule has 172 valence electrons. The Bertz CT molecular complexity index is 1290. The molecular formula is C28H25ClN2O3. The van der Waals surface area contributed by atoms with E-state index >= 15 is 0 Å². The van der Waals surface area contributed by atoms with E-state index in [0.29, 0.717) is 29.5 Å². The molecule has 0 radical (unpaired) electrons. The first-order valence-corrected chi connectivity index (χ1v) is 11.5. The van der Waals surface area contributed by atoms with Crippen LogP contribution in [0.2, 0.25) is 5.02 Å². The maximum absolute atomic E-state index is 12.5. The van der Waals surface area contributed by atoms with Crippen molar-refractivity contribution in [2.24, 2.45) is 5.10 Å². The molecule has 0 aromatic heterocycles. The van der Waals surface area contributed by atoms with Crippen LogP contribution in [0.4, 0.5) is 0 Å². The van der Waals surface area contributed by atoms with Crippen molar-refractivity contribution < 1.29 is 14.3 Å². The first-order chi connectivity index (χ1) is 16.6. The predicted molar refractivity (Wildman–Crippen MR) is 137 cm³/mol. The Kier molecular flexibility index (Phi) is 7.79. The molecule has 34 heavy (non-hydrogen) atoms. The van der Waals surface area contributed by atoms with Crippen molar-refractivity contribution in [2.75, 3.05) is 6.61 Å². The summed E-state index contributed by atoms with van der Waals surface area (Å²) in [6.45, 7) is 3.07. The monoisotopic (exact) mass is 472 g/mol. The third kappa shape index (κ3) is 5.94. The number of rotatable bonds is 9. The lowest BCUT2D eigenvalue weighted by Gasteiger charge is -2.12. The molecule has 0 aliphatic heterocycles. The van der Waals surface area contributed by atoms with Crippen LogP contribution in [0.5, 0.6) is 11.5 Å². The van der Waals surface area contributed by atoms with E-state index in [1.807, 2.05) is 67.6 Å². The minimum atomic E-state index is -0.304. The van der Waals surface area contributed by atoms with Crippen molar-refractivity contribution in [3.05, 3.63) is 107 Å². The van der Waals surface area contributed by atoms with E-state index in [2.05, 4.69) is 10.5 Å². The molecule has 4 aromatic rings. The third-order valence-electron chi connectivity index (χ3n) is 5.19. The molecule has 0 spiro atoms. The SMILES string of the molecule is CCCOc1ccc(C(=O)N/N=C/c2c(OCc3ccc(Cl)cc3)ccc3ccccc23)cc1. The van der Waals surface area contributed by atoms with E-state index in [-0.39, 0.29) is 5.91 Å². The Morgan fingerprint density at radius 2 is 1.71 bits per heavy atom. The van der Waals surface area contributed by atoms with Gasteiger partial charge in [0.05, 0.1) is 12.8 Å². The first-order valence-electron chi connectivity index (χ1n) is 11.1. The van der Waals surface area contributed by atoms with Crippen molar-refractivity contribution in [3.63, 3.8) is 0 Å². The van der Waals surface area contributed by atoms with Gasteiger partial charge in [0.1, 0.15) is 18.1 Å². The second-order valence-electron chi connectivity index (χ2n) is 7.69. The highest BCUT2D eigenvalue weighted by Gasteiger charge is 2.09. The van der Waals surface area contributed by atoms with Crippen LogP contribution in [-0.2, 0) is 6.61 Å². The summed E-state index contributed by atoms with van der Waals surface area (Å²) in [5, 5.41) is 6.93. The Morgan fingerprint density at radius 1 is 0.941 bits per heavy atom. The van der Waals surface area contributed by atoms with Crippen LogP contribution < -0.4 is 14.9 Å². The summed E-state index contributed by atoms with van der Waals surface area (Å²) in [5.41, 5.74) is 4.89. The minimum absolute atomic E-state index is 0.304. The fourth-order valence-electron chi connectivity index (χ4n) is 3.42. The number of hydrogen-bond acceptors (Lipinski definition) is 4. The van der Waals surface area contributed by atoms with Crippen LogP contribution in [-0.4, -0.2) is 18.7 Å². The summed E-state index contributed by atoms with van der Waals surface area (Å²) in [4.78, 5) is 12.5. The number of halogens is 1. The number of hydrogen-bond donors (Lipinski definition) is 1. The second-order valence-corrected chi connectivity index (χ2v) is 8.12. The van der Waals surface area contributed by atoms with Gasteiger partial charge in [-0.25, -0.2) is 5.43 Å². The molecule has 0 atom stereocenters. The first kappa shape index (κ1) is 23.3. The van der Waals surface area contributed by atoms with E-state index in [4.69, 9.17) is 21.1 Å². The van der Waals surface area contributed by atoms with Gasteiger partial charge in [-0.2, -0.15) is 5.10 Å². The van der Waals surface area contributed by atoms with Crippen LogP contribution in [0.3, 0.4) is 0 Å². The average molecular weight is 473 g/mol. The zero-order valence-electron chi connectivity index (χ0n) is 18.8. The molecule has 6 heteroatoms. The van der Waals surface area contributed by atoms with Crippen LogP contribution in [0.25, 0.3) is 10.8 Å². The molecule has 0 heterocycles. The van der Waals surface area contributed by atoms with Crippen LogP contribution in [0.1, 0.15) is 34.8 Å². The number of carbonyl (C=O) groups is 1. The fraction of sp³-hybridized carbons (Fsp3) is 0.143. The van der Waals surface area contributed by atoms with E-state index in [1.54, 1.807) is 30.5 Å². The second kappa shape index (κ2) is 11.3. The molecule has 0 aliphatic carbocycles. The molecule has 0 fully saturated rings. The van der Waals surface area contributed by atoms with Crippen LogP contribution >= 0.6 is 11.6 Å². The van der Waals surface area contributed by atoms with Gasteiger partial charge in [-0.1, -0.05) is 61.0 Å². The van der Waals surface area contributed by atoms with Crippen molar-refractivity contribution in [1.82, 2.24) is 5.43 Å². The Morgan fingerprint density at radius 3 is 2.47 bits per heavy atom. The van der Waals surface area contributed by atoms with E-state index in [1.165, 1.54) is 0 Å². The molecule has 0 aliphatic rings. The quantitative estimate of drug-likeness (QED) is 0.220. The zero-order valence-corrected chi connectivity index (χ0v) is 19.6. The highest BCUT2D eigenvalue weighted by molar-refractivity contribution is 6.30. The zero-order chi connectivity index (χ0) is 23.8. The molecule has 1 amide bonds. The lowest BCUT2D eigenvalue weighted by molar-refractivity contribution is 0.0955. The molecule has 1 N–H and O–H groups in total. The Balaban J connectivity index is 1.50. The summed E-state index contributed by atoms with van der Waals surface area (Å²) in [6, 6.07) is 26.4. The van der Waals surface area contributed by atoms with Crippen molar-refractivity contribution >= 4 is 34.5 Å². The van der Waals surface area contributed by atoms with E-state index < -0.39 is 0 Å². The average Bonchev–Trinajstić information content (AvgIpc) is 2.88. The normalized spacial score (nSPS) is 11.0. The lowest BCUT2D eigenvalue weighted by Crippen LogP contribution is -2.17. The topological polar surface area (TPSA) is 59.9 Å². The van der Waals surface area contributed by atoms with Gasteiger partial charge in [0, 0.05) is 16.1 Å². The fourth-order valence-corrected chi connectivity index (χ4v) is 3.54. The molecule has 5 nitrogen and oxygen atoms in total. The Labute approximate surface area is 204 Å². The van der Waals surface area contributed by atoms with Gasteiger partial charge in [0.25, 0.3) is 5.91 Å². The highest BCUT2D eigenvalue weighted by atomic mass is 35.5. The standard InChI is InChI=1S/C28H25ClN2O3/c1-2-17-33-24-14-9-22(10-15-24)28(32)31-30-18-26-25-6-4-3-5-21(25)11-16-27(26)34-19-20-7-12-23(29)13-8-20/h3-16,18H,2,17,19H2,1H3,(H,31,32)/b30-18+. The molecule has 4 rings (SSSR count). The number of hydrazone groups is 1. The molecule has 4 aromatic carbocycles. The summed E-state index contributed by atoms with van der Waals surface area (Å²) in [7, 11) is 0. The van der Waals surface area contributed by atoms with Crippen molar-refractivity contribution in [1.29, 1.82) is 0 Å². The number of benzene rings is 4. The van der Waals surface area contributed by atoms with E-state index in [0.717, 1.165) is 34.1 Å². The molecule has 0 bridgehead atoms. The van der Waals surface area contributed by atoms with Gasteiger partial charge < -0.3 is 9.47 Å².